The summed E-state index contributed by atoms with van der Waals surface area (Å²) in [5.74, 6) is 0.552. The van der Waals surface area contributed by atoms with Gasteiger partial charge in [-0.2, -0.15) is 0 Å². The lowest BCUT2D eigenvalue weighted by atomic mass is 10.0. The molecule has 2 heteroatoms. The van der Waals surface area contributed by atoms with Gasteiger partial charge in [0, 0.05) is 5.56 Å². The topological polar surface area (TPSA) is 38.9 Å². The van der Waals surface area contributed by atoms with Gasteiger partial charge in [0.1, 0.15) is 5.82 Å². The molecule has 0 amide bonds. The van der Waals surface area contributed by atoms with Gasteiger partial charge in [-0.05, 0) is 29.0 Å². The van der Waals surface area contributed by atoms with Gasteiger partial charge in [-0.15, -0.1) is 0 Å². The summed E-state index contributed by atoms with van der Waals surface area (Å²) in [7, 11) is 0. The van der Waals surface area contributed by atoms with Gasteiger partial charge in [0.15, 0.2) is 0 Å². The second-order valence-corrected chi connectivity index (χ2v) is 4.01. The molecule has 0 aliphatic heterocycles. The molecule has 0 atom stereocenters. The number of hydrogen-bond donors (Lipinski definition) is 1. The van der Waals surface area contributed by atoms with Crippen LogP contribution in [0.4, 0.5) is 5.82 Å². The van der Waals surface area contributed by atoms with Crippen molar-refractivity contribution in [2.24, 2.45) is 0 Å². The van der Waals surface area contributed by atoms with Crippen molar-refractivity contribution in [2.75, 3.05) is 5.73 Å². The summed E-state index contributed by atoms with van der Waals surface area (Å²) in [5, 5.41) is 2.45. The first-order valence-electron chi connectivity index (χ1n) is 5.55. The van der Waals surface area contributed by atoms with E-state index in [1.807, 2.05) is 24.3 Å². The van der Waals surface area contributed by atoms with E-state index in [0.717, 1.165) is 11.3 Å². The first-order valence-corrected chi connectivity index (χ1v) is 5.55. The van der Waals surface area contributed by atoms with Crippen LogP contribution in [0.5, 0.6) is 0 Å². The molecule has 1 heterocycles. The normalized spacial score (nSPS) is 10.6. The smallest absolute Gasteiger partial charge is 0.124 e. The molecule has 3 rings (SSSR count). The summed E-state index contributed by atoms with van der Waals surface area (Å²) >= 11 is 0. The lowest BCUT2D eigenvalue weighted by molar-refractivity contribution is 1.34. The van der Waals surface area contributed by atoms with Gasteiger partial charge >= 0.3 is 0 Å². The summed E-state index contributed by atoms with van der Waals surface area (Å²) in [4.78, 5) is 4.33. The minimum absolute atomic E-state index is 0.552. The number of hydrogen-bond acceptors (Lipinski definition) is 2. The van der Waals surface area contributed by atoms with E-state index in [0.29, 0.717) is 5.82 Å². The Balaban J connectivity index is 2.18. The van der Waals surface area contributed by atoms with Crippen LogP contribution in [0.25, 0.3) is 22.0 Å². The average Bonchev–Trinajstić information content (AvgIpc) is 2.38. The van der Waals surface area contributed by atoms with Crippen molar-refractivity contribution in [1.82, 2.24) is 4.98 Å². The number of benzene rings is 2. The number of anilines is 1. The van der Waals surface area contributed by atoms with Gasteiger partial charge in [-0.1, -0.05) is 42.5 Å². The van der Waals surface area contributed by atoms with Gasteiger partial charge in [-0.25, -0.2) is 4.98 Å². The zero-order valence-electron chi connectivity index (χ0n) is 9.30. The van der Waals surface area contributed by atoms with E-state index < -0.39 is 0 Å². The number of rotatable bonds is 1. The summed E-state index contributed by atoms with van der Waals surface area (Å²) < 4.78 is 0. The highest BCUT2D eigenvalue weighted by Crippen LogP contribution is 2.23. The highest BCUT2D eigenvalue weighted by atomic mass is 14.8. The van der Waals surface area contributed by atoms with Crippen molar-refractivity contribution in [3.63, 3.8) is 0 Å². The number of fused-ring (bicyclic) bond motifs is 1. The van der Waals surface area contributed by atoms with Crippen LogP contribution in [0.2, 0.25) is 0 Å². The van der Waals surface area contributed by atoms with Crippen molar-refractivity contribution in [2.45, 2.75) is 0 Å². The predicted molar refractivity (Wildman–Crippen MR) is 71.6 cm³/mol. The van der Waals surface area contributed by atoms with Crippen LogP contribution in [-0.4, -0.2) is 4.98 Å². The molecule has 0 saturated heterocycles. The van der Waals surface area contributed by atoms with Crippen LogP contribution in [0.3, 0.4) is 0 Å². The van der Waals surface area contributed by atoms with E-state index in [1.54, 1.807) is 6.07 Å². The zero-order chi connectivity index (χ0) is 11.7. The maximum absolute atomic E-state index is 5.70. The van der Waals surface area contributed by atoms with Gasteiger partial charge in [0.05, 0.1) is 5.69 Å². The van der Waals surface area contributed by atoms with Crippen LogP contribution in [0, 0.1) is 0 Å². The fourth-order valence-electron chi connectivity index (χ4n) is 1.96. The lowest BCUT2D eigenvalue weighted by Gasteiger charge is -2.04. The third kappa shape index (κ3) is 1.85. The van der Waals surface area contributed by atoms with Crippen LogP contribution in [0.15, 0.2) is 60.7 Å². The Labute approximate surface area is 99.7 Å². The molecule has 0 bridgehead atoms. The Kier molecular flexibility index (Phi) is 2.26. The SMILES string of the molecule is Nc1cccc(-c2ccc3ccccc3c2)n1. The molecular formula is C15H12N2. The quantitative estimate of drug-likeness (QED) is 0.681. The Morgan fingerprint density at radius 3 is 2.41 bits per heavy atom. The zero-order valence-corrected chi connectivity index (χ0v) is 9.30. The van der Waals surface area contributed by atoms with Crippen LogP contribution < -0.4 is 5.73 Å². The molecule has 1 aromatic heterocycles. The molecule has 0 aliphatic carbocycles. The monoisotopic (exact) mass is 220 g/mol. The van der Waals surface area contributed by atoms with Crippen LogP contribution in [0.1, 0.15) is 0 Å². The molecule has 0 fully saturated rings. The van der Waals surface area contributed by atoms with E-state index in [-0.39, 0.29) is 0 Å². The standard InChI is InChI=1S/C15H12N2/c16-15-7-3-6-14(17-15)13-9-8-11-4-1-2-5-12(11)10-13/h1-10H,(H2,16,17). The fourth-order valence-corrected chi connectivity index (χ4v) is 1.96. The van der Waals surface area contributed by atoms with E-state index in [4.69, 9.17) is 5.73 Å². The van der Waals surface area contributed by atoms with Crippen molar-refractivity contribution in [3.05, 3.63) is 60.7 Å². The molecule has 0 aliphatic rings. The van der Waals surface area contributed by atoms with Gasteiger partial charge < -0.3 is 5.73 Å². The molecular weight excluding hydrogens is 208 g/mol. The second kappa shape index (κ2) is 3.91. The molecule has 0 radical (unpaired) electrons. The third-order valence-electron chi connectivity index (χ3n) is 2.82. The molecule has 2 N–H and O–H groups in total. The van der Waals surface area contributed by atoms with Crippen molar-refractivity contribution in [1.29, 1.82) is 0 Å². The maximum Gasteiger partial charge on any atom is 0.124 e. The number of aromatic nitrogens is 1. The third-order valence-corrected chi connectivity index (χ3v) is 2.82. The van der Waals surface area contributed by atoms with Crippen molar-refractivity contribution < 1.29 is 0 Å². The number of nitrogens with two attached hydrogens (primary N) is 1. The first kappa shape index (κ1) is 9.85. The molecule has 0 unspecified atom stereocenters. The van der Waals surface area contributed by atoms with Crippen LogP contribution in [-0.2, 0) is 0 Å². The molecule has 17 heavy (non-hydrogen) atoms. The highest BCUT2D eigenvalue weighted by molar-refractivity contribution is 5.86. The number of pyridine rings is 1. The van der Waals surface area contributed by atoms with E-state index >= 15 is 0 Å². The van der Waals surface area contributed by atoms with E-state index in [2.05, 4.69) is 35.3 Å². The number of nitrogens with zero attached hydrogens (tertiary/aromatic N) is 1. The van der Waals surface area contributed by atoms with Crippen molar-refractivity contribution >= 4 is 16.6 Å². The second-order valence-electron chi connectivity index (χ2n) is 4.01. The molecule has 2 aromatic carbocycles. The summed E-state index contributed by atoms with van der Waals surface area (Å²) in [5.41, 5.74) is 7.70. The fraction of sp³-hybridized carbons (Fsp3) is 0. The minimum Gasteiger partial charge on any atom is -0.384 e. The summed E-state index contributed by atoms with van der Waals surface area (Å²) in [6.07, 6.45) is 0. The Hall–Kier alpha value is -2.35. The van der Waals surface area contributed by atoms with E-state index in [1.165, 1.54) is 10.8 Å². The molecule has 0 spiro atoms. The Morgan fingerprint density at radius 1 is 0.765 bits per heavy atom. The molecule has 82 valence electrons. The van der Waals surface area contributed by atoms with Crippen molar-refractivity contribution in [3.8, 4) is 11.3 Å². The van der Waals surface area contributed by atoms with Gasteiger partial charge in [0.2, 0.25) is 0 Å². The molecule has 0 saturated carbocycles. The Bertz CT molecular complexity index is 674. The van der Waals surface area contributed by atoms with Gasteiger partial charge in [-0.3, -0.25) is 0 Å². The maximum atomic E-state index is 5.70. The highest BCUT2D eigenvalue weighted by Gasteiger charge is 2.00. The van der Waals surface area contributed by atoms with E-state index in [9.17, 15) is 0 Å². The minimum atomic E-state index is 0.552. The number of nitrogen functional groups attached to an aromatic ring is 1. The largest absolute Gasteiger partial charge is 0.384 e. The average molecular weight is 220 g/mol. The van der Waals surface area contributed by atoms with Gasteiger partial charge in [0.25, 0.3) is 0 Å². The Morgan fingerprint density at radius 2 is 1.59 bits per heavy atom. The predicted octanol–water partition coefficient (Wildman–Crippen LogP) is 3.48. The summed E-state index contributed by atoms with van der Waals surface area (Å²) in [6, 6.07) is 20.3. The summed E-state index contributed by atoms with van der Waals surface area (Å²) in [6.45, 7) is 0. The molecule has 3 aromatic rings. The lowest BCUT2D eigenvalue weighted by Crippen LogP contribution is -1.91. The van der Waals surface area contributed by atoms with Crippen LogP contribution >= 0.6 is 0 Å². The molecule has 2 nitrogen and oxygen atoms in total. The first-order chi connectivity index (χ1) is 8.33.